The lowest BCUT2D eigenvalue weighted by atomic mass is 9.85. The molecule has 1 aliphatic rings. The Balaban J connectivity index is 2.13. The molecule has 0 amide bonds. The molecule has 2 N–H and O–H groups in total. The minimum Gasteiger partial charge on any atom is -0.508 e. The molecule has 3 nitrogen and oxygen atoms in total. The van der Waals surface area contributed by atoms with Gasteiger partial charge in [0.05, 0.1) is 5.56 Å². The van der Waals surface area contributed by atoms with Crippen molar-refractivity contribution >= 4 is 17.4 Å². The molecule has 1 atom stereocenters. The zero-order chi connectivity index (χ0) is 15.9. The maximum absolute atomic E-state index is 12.6. The van der Waals surface area contributed by atoms with Gasteiger partial charge in [0.25, 0.3) is 0 Å². The summed E-state index contributed by atoms with van der Waals surface area (Å²) in [5.41, 5.74) is 1.83. The molecule has 0 bridgehead atoms. The average Bonchev–Trinajstić information content (AvgIpc) is 2.51. The third-order valence-corrected chi connectivity index (χ3v) is 4.23. The van der Waals surface area contributed by atoms with Crippen LogP contribution in [0.15, 0.2) is 42.5 Å². The first-order valence-electron chi connectivity index (χ1n) is 7.03. The zero-order valence-corrected chi connectivity index (χ0v) is 12.8. The summed E-state index contributed by atoms with van der Waals surface area (Å²) in [5, 5.41) is 21.3. The van der Waals surface area contributed by atoms with Crippen LogP contribution >= 0.6 is 11.6 Å². The Bertz CT molecular complexity index is 776. The van der Waals surface area contributed by atoms with Crippen LogP contribution in [0.5, 0.6) is 11.5 Å². The van der Waals surface area contributed by atoms with Crippen molar-refractivity contribution in [3.63, 3.8) is 0 Å². The van der Waals surface area contributed by atoms with Gasteiger partial charge in [-0.15, -0.1) is 0 Å². The fourth-order valence-electron chi connectivity index (χ4n) is 2.84. The first-order valence-corrected chi connectivity index (χ1v) is 7.41. The Morgan fingerprint density at radius 2 is 1.91 bits per heavy atom. The molecule has 22 heavy (non-hydrogen) atoms. The lowest BCUT2D eigenvalue weighted by Crippen LogP contribution is -2.08. The van der Waals surface area contributed by atoms with Crippen LogP contribution in [0, 0.1) is 0 Å². The second-order valence-electron chi connectivity index (χ2n) is 5.44. The van der Waals surface area contributed by atoms with Crippen molar-refractivity contribution < 1.29 is 15.0 Å². The highest BCUT2D eigenvalue weighted by Gasteiger charge is 2.25. The lowest BCUT2D eigenvalue weighted by Gasteiger charge is -2.21. The van der Waals surface area contributed by atoms with Gasteiger partial charge in [-0.3, -0.25) is 4.79 Å². The number of halogens is 1. The molecule has 0 spiro atoms. The third kappa shape index (κ3) is 2.38. The minimum atomic E-state index is -0.339. The van der Waals surface area contributed by atoms with Crippen molar-refractivity contribution in [3.05, 3.63) is 69.8 Å². The van der Waals surface area contributed by atoms with E-state index in [0.717, 1.165) is 0 Å². The summed E-state index contributed by atoms with van der Waals surface area (Å²) in [5.74, 6) is -0.396. The van der Waals surface area contributed by atoms with Crippen LogP contribution in [0.25, 0.3) is 0 Å². The molecule has 0 saturated heterocycles. The van der Waals surface area contributed by atoms with E-state index in [4.69, 9.17) is 11.6 Å². The van der Waals surface area contributed by atoms with Gasteiger partial charge in [-0.1, -0.05) is 30.7 Å². The maximum atomic E-state index is 12.6. The van der Waals surface area contributed by atoms with E-state index in [1.807, 2.05) is 19.1 Å². The van der Waals surface area contributed by atoms with Gasteiger partial charge in [0, 0.05) is 27.6 Å². The Labute approximate surface area is 133 Å². The summed E-state index contributed by atoms with van der Waals surface area (Å²) in [7, 11) is 0. The first-order chi connectivity index (χ1) is 10.5. The van der Waals surface area contributed by atoms with Crippen LogP contribution in [0.4, 0.5) is 0 Å². The highest BCUT2D eigenvalue weighted by atomic mass is 35.5. The minimum absolute atomic E-state index is 0.0429. The number of phenols is 2. The summed E-state index contributed by atoms with van der Waals surface area (Å²) in [6.45, 7) is 1.92. The number of aromatic hydroxyl groups is 2. The van der Waals surface area contributed by atoms with Crippen LogP contribution < -0.4 is 0 Å². The molecule has 1 aliphatic carbocycles. The number of phenolic OH excluding ortho intramolecular Hbond substituents is 2. The Hall–Kier alpha value is -2.26. The molecule has 112 valence electrons. The van der Waals surface area contributed by atoms with Gasteiger partial charge in [0.15, 0.2) is 5.78 Å². The predicted octanol–water partition coefficient (Wildman–Crippen LogP) is 4.20. The molecule has 0 saturated carbocycles. The van der Waals surface area contributed by atoms with E-state index in [1.165, 1.54) is 6.07 Å². The predicted molar refractivity (Wildman–Crippen MR) is 85.9 cm³/mol. The number of fused-ring (bicyclic) bond motifs is 1. The number of ketones is 1. The molecule has 0 fully saturated rings. The number of benzene rings is 2. The molecule has 0 aromatic heterocycles. The van der Waals surface area contributed by atoms with E-state index in [0.29, 0.717) is 28.1 Å². The van der Waals surface area contributed by atoms with Crippen LogP contribution in [0.1, 0.15) is 39.9 Å². The van der Waals surface area contributed by atoms with Crippen LogP contribution in [-0.2, 0) is 6.42 Å². The summed E-state index contributed by atoms with van der Waals surface area (Å²) < 4.78 is 0. The van der Waals surface area contributed by atoms with Crippen molar-refractivity contribution in [2.45, 2.75) is 19.3 Å². The normalized spacial score (nSPS) is 16.4. The quantitative estimate of drug-likeness (QED) is 0.496. The number of hydrogen-bond acceptors (Lipinski definition) is 3. The van der Waals surface area contributed by atoms with Gasteiger partial charge < -0.3 is 10.2 Å². The fourth-order valence-corrected chi connectivity index (χ4v) is 2.97. The van der Waals surface area contributed by atoms with Gasteiger partial charge in [-0.2, -0.15) is 0 Å². The van der Waals surface area contributed by atoms with Gasteiger partial charge in [0.1, 0.15) is 11.5 Å². The van der Waals surface area contributed by atoms with Gasteiger partial charge in [0.2, 0.25) is 0 Å². The Morgan fingerprint density at radius 3 is 2.59 bits per heavy atom. The van der Waals surface area contributed by atoms with Crippen molar-refractivity contribution in [1.82, 2.24) is 0 Å². The molecule has 0 radical (unpaired) electrons. The molecule has 1 unspecified atom stereocenters. The maximum Gasteiger partial charge on any atom is 0.196 e. The number of carbonyl (C=O) groups excluding carboxylic acids is 1. The molecule has 4 heteroatoms. The van der Waals surface area contributed by atoms with Crippen LogP contribution in [-0.4, -0.2) is 16.0 Å². The van der Waals surface area contributed by atoms with E-state index in [1.54, 1.807) is 24.3 Å². The summed E-state index contributed by atoms with van der Waals surface area (Å²) in [6.07, 6.45) is 4.46. The van der Waals surface area contributed by atoms with E-state index in [9.17, 15) is 15.0 Å². The topological polar surface area (TPSA) is 57.5 Å². The fraction of sp³-hybridized carbons (Fsp3) is 0.167. The monoisotopic (exact) mass is 314 g/mol. The highest BCUT2D eigenvalue weighted by Crippen LogP contribution is 2.41. The van der Waals surface area contributed by atoms with Gasteiger partial charge in [-0.05, 0) is 36.8 Å². The number of carbonyl (C=O) groups is 1. The third-order valence-electron chi connectivity index (χ3n) is 3.98. The molecule has 0 aliphatic heterocycles. The van der Waals surface area contributed by atoms with Crippen molar-refractivity contribution in [1.29, 1.82) is 0 Å². The highest BCUT2D eigenvalue weighted by molar-refractivity contribution is 6.30. The SMILES string of the molecule is CC1C=CCc2c(O)cc(C(=O)c3ccc(Cl)cc3)c(O)c21. The molecule has 2 aromatic rings. The standard InChI is InChI=1S/C18H15ClO3/c1-10-3-2-4-13-15(20)9-14(18(22)16(10)13)17(21)11-5-7-12(19)8-6-11/h2-3,5-10,20,22H,4H2,1H3. The molecular formula is C18H15ClO3. The van der Waals surface area contributed by atoms with E-state index >= 15 is 0 Å². The summed E-state index contributed by atoms with van der Waals surface area (Å²) in [4.78, 5) is 12.6. The lowest BCUT2D eigenvalue weighted by molar-refractivity contribution is 0.103. The van der Waals surface area contributed by atoms with E-state index in [-0.39, 0.29) is 28.8 Å². The van der Waals surface area contributed by atoms with Crippen molar-refractivity contribution in [2.75, 3.05) is 0 Å². The van der Waals surface area contributed by atoms with Crippen molar-refractivity contribution in [3.8, 4) is 11.5 Å². The smallest absolute Gasteiger partial charge is 0.196 e. The van der Waals surface area contributed by atoms with Crippen molar-refractivity contribution in [2.24, 2.45) is 0 Å². The Morgan fingerprint density at radius 1 is 1.23 bits per heavy atom. The first kappa shape index (κ1) is 14.7. The van der Waals surface area contributed by atoms with E-state index in [2.05, 4.69) is 0 Å². The average molecular weight is 315 g/mol. The zero-order valence-electron chi connectivity index (χ0n) is 12.0. The molecule has 2 aromatic carbocycles. The second kappa shape index (κ2) is 5.50. The Kier molecular flexibility index (Phi) is 3.67. The number of rotatable bonds is 2. The van der Waals surface area contributed by atoms with Gasteiger partial charge in [-0.25, -0.2) is 0 Å². The van der Waals surface area contributed by atoms with Crippen LogP contribution in [0.3, 0.4) is 0 Å². The summed E-state index contributed by atoms with van der Waals surface area (Å²) >= 11 is 5.82. The molecule has 3 rings (SSSR count). The van der Waals surface area contributed by atoms with E-state index < -0.39 is 0 Å². The molecular weight excluding hydrogens is 300 g/mol. The van der Waals surface area contributed by atoms with Crippen LogP contribution in [0.2, 0.25) is 5.02 Å². The number of hydrogen-bond donors (Lipinski definition) is 2. The number of allylic oxidation sites excluding steroid dienone is 2. The molecule has 0 heterocycles. The second-order valence-corrected chi connectivity index (χ2v) is 5.88. The van der Waals surface area contributed by atoms with Gasteiger partial charge >= 0.3 is 0 Å². The largest absolute Gasteiger partial charge is 0.508 e. The summed E-state index contributed by atoms with van der Waals surface area (Å²) in [6, 6.07) is 7.79.